The van der Waals surface area contributed by atoms with Crippen molar-refractivity contribution < 1.29 is 4.42 Å². The van der Waals surface area contributed by atoms with Gasteiger partial charge in [0.15, 0.2) is 0 Å². The number of para-hydroxylation sites is 1. The molecule has 0 aliphatic heterocycles. The fraction of sp³-hybridized carbons (Fsp3) is 0.0154. The summed E-state index contributed by atoms with van der Waals surface area (Å²) in [6, 6.07) is 87.9. The van der Waals surface area contributed by atoms with Crippen LogP contribution in [-0.2, 0) is 5.41 Å². The Balaban J connectivity index is 1.05. The predicted octanol–water partition coefficient (Wildman–Crippen LogP) is 17.6. The van der Waals surface area contributed by atoms with Crippen molar-refractivity contribution in [1.82, 2.24) is 0 Å². The van der Waals surface area contributed by atoms with E-state index in [1.54, 1.807) is 0 Å². The fourth-order valence-electron chi connectivity index (χ4n) is 12.3. The Kier molecular flexibility index (Phi) is 7.46. The van der Waals surface area contributed by atoms with Crippen LogP contribution in [0.2, 0.25) is 0 Å². The molecule has 15 rings (SSSR count). The van der Waals surface area contributed by atoms with Gasteiger partial charge in [0.25, 0.3) is 0 Å². The summed E-state index contributed by atoms with van der Waals surface area (Å²) in [4.78, 5) is 2.44. The summed E-state index contributed by atoms with van der Waals surface area (Å²) in [6.07, 6.45) is 0. The molecule has 2 nitrogen and oxygen atoms in total. The number of hydrogen-bond acceptors (Lipinski definition) is 2. The zero-order valence-corrected chi connectivity index (χ0v) is 36.4. The summed E-state index contributed by atoms with van der Waals surface area (Å²) < 4.78 is 6.56. The van der Waals surface area contributed by atoms with E-state index in [1.165, 1.54) is 99.1 Å². The minimum Gasteiger partial charge on any atom is -0.456 e. The highest BCUT2D eigenvalue weighted by molar-refractivity contribution is 6.27. The topological polar surface area (TPSA) is 16.4 Å². The molecule has 1 spiro atoms. The van der Waals surface area contributed by atoms with E-state index in [0.717, 1.165) is 39.0 Å². The smallest absolute Gasteiger partial charge is 0.137 e. The second kappa shape index (κ2) is 13.7. The molecule has 2 aliphatic rings. The number of benzene rings is 12. The highest BCUT2D eigenvalue weighted by Crippen LogP contribution is 2.64. The molecule has 13 aromatic rings. The van der Waals surface area contributed by atoms with Gasteiger partial charge in [-0.25, -0.2) is 0 Å². The number of anilines is 3. The zero-order chi connectivity index (χ0) is 43.8. The minimum absolute atomic E-state index is 0.636. The molecule has 12 aromatic carbocycles. The van der Waals surface area contributed by atoms with Crippen molar-refractivity contribution in [2.45, 2.75) is 5.41 Å². The maximum Gasteiger partial charge on any atom is 0.137 e. The summed E-state index contributed by atoms with van der Waals surface area (Å²) in [5.74, 6) is 0. The Morgan fingerprint density at radius 2 is 0.910 bits per heavy atom. The molecule has 0 bridgehead atoms. The summed E-state index contributed by atoms with van der Waals surface area (Å²) in [5.41, 5.74) is 19.5. The first-order valence-corrected chi connectivity index (χ1v) is 23.2. The van der Waals surface area contributed by atoms with Crippen LogP contribution in [0.3, 0.4) is 0 Å². The molecule has 2 heteroatoms. The first-order chi connectivity index (χ1) is 33.2. The van der Waals surface area contributed by atoms with Gasteiger partial charge >= 0.3 is 0 Å². The maximum atomic E-state index is 6.56. The second-order valence-corrected chi connectivity index (χ2v) is 18.3. The van der Waals surface area contributed by atoms with Crippen molar-refractivity contribution in [2.75, 3.05) is 4.90 Å². The average Bonchev–Trinajstić information content (AvgIpc) is 3.89. The normalized spacial score (nSPS) is 14.6. The Morgan fingerprint density at radius 1 is 0.313 bits per heavy atom. The van der Waals surface area contributed by atoms with Gasteiger partial charge in [0, 0.05) is 16.8 Å². The Labute approximate surface area is 387 Å². The Bertz CT molecular complexity index is 4140. The molecule has 2 aliphatic carbocycles. The molecule has 0 saturated heterocycles. The third kappa shape index (κ3) is 4.94. The molecule has 0 amide bonds. The molecule has 67 heavy (non-hydrogen) atoms. The first kappa shape index (κ1) is 36.6. The lowest BCUT2D eigenvalue weighted by molar-refractivity contribution is 0.669. The number of nitrogens with zero attached hydrogens (tertiary/aromatic N) is 1. The van der Waals surface area contributed by atoms with Crippen molar-refractivity contribution in [2.24, 2.45) is 0 Å². The SMILES string of the molecule is c1ccc(-c2ccc(N(c3ccc4c(c3)-c3ccccc3-c3ccccc3C43c4ccccc4-c4c3cc3ccc5cccc6ccc4c3c56)c3cccc4oc5ccccc5c34)cc2)cc1. The molecule has 0 radical (unpaired) electrons. The molecule has 310 valence electrons. The number of hydrogen-bond donors (Lipinski definition) is 0. The predicted molar refractivity (Wildman–Crippen MR) is 279 cm³/mol. The third-order valence-corrected chi connectivity index (χ3v) is 15.0. The van der Waals surface area contributed by atoms with Crippen LogP contribution in [0.15, 0.2) is 241 Å². The highest BCUT2D eigenvalue weighted by atomic mass is 16.3. The quantitative estimate of drug-likeness (QED) is 0.164. The average molecular weight is 850 g/mol. The van der Waals surface area contributed by atoms with E-state index in [2.05, 4.69) is 241 Å². The van der Waals surface area contributed by atoms with Crippen LogP contribution < -0.4 is 4.90 Å². The van der Waals surface area contributed by atoms with Crippen LogP contribution >= 0.6 is 0 Å². The van der Waals surface area contributed by atoms with Gasteiger partial charge in [-0.2, -0.15) is 0 Å². The lowest BCUT2D eigenvalue weighted by Gasteiger charge is -2.36. The molecule has 1 aromatic heterocycles. The second-order valence-electron chi connectivity index (χ2n) is 18.3. The lowest BCUT2D eigenvalue weighted by atomic mass is 9.65. The van der Waals surface area contributed by atoms with Gasteiger partial charge in [-0.15, -0.1) is 0 Å². The summed E-state index contributed by atoms with van der Waals surface area (Å²) in [6.45, 7) is 0. The molecular formula is C65H39NO. The van der Waals surface area contributed by atoms with E-state index in [-0.39, 0.29) is 0 Å². The molecule has 0 fully saturated rings. The largest absolute Gasteiger partial charge is 0.456 e. The standard InChI is InChI=1S/C65H39NO/c1-2-14-40(15-3-1)41-30-33-45(34-31-41)66(58-25-13-27-60-64(58)51-22-8-11-26-59(51)67-60)46-35-37-56-53(39-46)48-19-5-4-18-47(48)49-20-6-9-23-54(49)65(56)55-24-10-7-21-50(55)63-52-36-32-43-17-12-16-42-28-29-44(38-57(63)65)62(52)61(42)43/h1-39H. The maximum absolute atomic E-state index is 6.56. The monoisotopic (exact) mass is 849 g/mol. The Hall–Kier alpha value is -8.72. The van der Waals surface area contributed by atoms with Gasteiger partial charge in [-0.1, -0.05) is 188 Å². The van der Waals surface area contributed by atoms with Crippen LogP contribution in [0.5, 0.6) is 0 Å². The van der Waals surface area contributed by atoms with E-state index in [4.69, 9.17) is 4.42 Å². The molecular weight excluding hydrogens is 811 g/mol. The van der Waals surface area contributed by atoms with Crippen LogP contribution in [0.1, 0.15) is 22.3 Å². The number of rotatable bonds is 4. The zero-order valence-electron chi connectivity index (χ0n) is 36.4. The molecule has 1 unspecified atom stereocenters. The van der Waals surface area contributed by atoms with Crippen molar-refractivity contribution in [3.05, 3.63) is 259 Å². The highest BCUT2D eigenvalue weighted by Gasteiger charge is 2.50. The van der Waals surface area contributed by atoms with Gasteiger partial charge in [-0.3, -0.25) is 0 Å². The van der Waals surface area contributed by atoms with Crippen molar-refractivity contribution in [3.63, 3.8) is 0 Å². The fourth-order valence-corrected chi connectivity index (χ4v) is 12.3. The number of furan rings is 1. The van der Waals surface area contributed by atoms with Gasteiger partial charge < -0.3 is 9.32 Å². The summed E-state index contributed by atoms with van der Waals surface area (Å²) in [5, 5.41) is 10.0. The van der Waals surface area contributed by atoms with E-state index >= 15 is 0 Å². The van der Waals surface area contributed by atoms with Crippen LogP contribution in [-0.4, -0.2) is 0 Å². The molecule has 0 saturated carbocycles. The summed E-state index contributed by atoms with van der Waals surface area (Å²) >= 11 is 0. The van der Waals surface area contributed by atoms with Gasteiger partial charge in [0.2, 0.25) is 0 Å². The molecule has 1 heterocycles. The number of fused-ring (bicyclic) bond motifs is 16. The van der Waals surface area contributed by atoms with Gasteiger partial charge in [0.05, 0.1) is 16.5 Å². The van der Waals surface area contributed by atoms with E-state index in [1.807, 2.05) is 0 Å². The van der Waals surface area contributed by atoms with Crippen molar-refractivity contribution >= 4 is 71.3 Å². The van der Waals surface area contributed by atoms with Crippen molar-refractivity contribution in [1.29, 1.82) is 0 Å². The van der Waals surface area contributed by atoms with Gasteiger partial charge in [0.1, 0.15) is 11.2 Å². The Morgan fingerprint density at radius 3 is 1.73 bits per heavy atom. The van der Waals surface area contributed by atoms with Crippen LogP contribution in [0.4, 0.5) is 17.1 Å². The molecule has 1 atom stereocenters. The van der Waals surface area contributed by atoms with Crippen LogP contribution in [0, 0.1) is 0 Å². The lowest BCUT2D eigenvalue weighted by Crippen LogP contribution is -2.29. The van der Waals surface area contributed by atoms with Crippen LogP contribution in [0.25, 0.3) is 98.8 Å². The van der Waals surface area contributed by atoms with E-state index in [9.17, 15) is 0 Å². The minimum atomic E-state index is -0.636. The van der Waals surface area contributed by atoms with Crippen molar-refractivity contribution in [3.8, 4) is 44.5 Å². The molecule has 0 N–H and O–H groups in total. The first-order valence-electron chi connectivity index (χ1n) is 23.2. The van der Waals surface area contributed by atoms with E-state index < -0.39 is 5.41 Å². The van der Waals surface area contributed by atoms with E-state index in [0.29, 0.717) is 0 Å². The summed E-state index contributed by atoms with van der Waals surface area (Å²) in [7, 11) is 0. The van der Waals surface area contributed by atoms with Gasteiger partial charge in [-0.05, 0) is 148 Å². The third-order valence-electron chi connectivity index (χ3n) is 15.0.